The lowest BCUT2D eigenvalue weighted by Crippen LogP contribution is -2.17. The first-order valence-corrected chi connectivity index (χ1v) is 5.91. The number of benzene rings is 1. The molecule has 0 spiro atoms. The summed E-state index contributed by atoms with van der Waals surface area (Å²) in [6.07, 6.45) is -4.84. The number of halogens is 5. The molecule has 1 heterocycles. The lowest BCUT2D eigenvalue weighted by Gasteiger charge is -2.09. The molecule has 0 radical (unpaired) electrons. The molecule has 1 aromatic heterocycles. The van der Waals surface area contributed by atoms with Gasteiger partial charge in [-0.25, -0.2) is 4.39 Å². The van der Waals surface area contributed by atoms with E-state index in [-0.39, 0.29) is 5.56 Å². The number of hydrogen-bond donors (Lipinski definition) is 0. The van der Waals surface area contributed by atoms with Gasteiger partial charge in [0.25, 0.3) is 0 Å². The van der Waals surface area contributed by atoms with Crippen LogP contribution in [0.25, 0.3) is 10.4 Å². The fourth-order valence-corrected chi connectivity index (χ4v) is 2.55. The van der Waals surface area contributed by atoms with Gasteiger partial charge in [0.2, 0.25) is 0 Å². The second kappa shape index (κ2) is 4.78. The van der Waals surface area contributed by atoms with Crippen molar-refractivity contribution in [3.8, 4) is 16.2 Å². The molecule has 18 heavy (non-hydrogen) atoms. The van der Waals surface area contributed by atoms with Crippen LogP contribution in [0.4, 0.5) is 17.6 Å². The summed E-state index contributed by atoms with van der Waals surface area (Å²) in [6.45, 7) is 0. The highest BCUT2D eigenvalue weighted by Gasteiger charge is 2.31. The Morgan fingerprint density at radius 2 is 1.89 bits per heavy atom. The van der Waals surface area contributed by atoms with Gasteiger partial charge >= 0.3 is 6.36 Å². The number of thiophene rings is 1. The third kappa shape index (κ3) is 2.94. The summed E-state index contributed by atoms with van der Waals surface area (Å²) in [4.78, 5) is 0.465. The van der Waals surface area contributed by atoms with Gasteiger partial charge in [0.15, 0.2) is 0 Å². The van der Waals surface area contributed by atoms with Crippen LogP contribution >= 0.6 is 22.9 Å². The van der Waals surface area contributed by atoms with E-state index in [4.69, 9.17) is 11.6 Å². The number of rotatable bonds is 2. The van der Waals surface area contributed by atoms with Crippen molar-refractivity contribution in [3.05, 3.63) is 40.5 Å². The molecule has 0 aliphatic heterocycles. The van der Waals surface area contributed by atoms with Gasteiger partial charge in [0.05, 0.1) is 9.90 Å². The molecule has 2 rings (SSSR count). The summed E-state index contributed by atoms with van der Waals surface area (Å²) >= 11 is 7.03. The molecule has 0 aliphatic carbocycles. The Morgan fingerprint density at radius 3 is 2.39 bits per heavy atom. The molecule has 0 unspecified atom stereocenters. The SMILES string of the molecule is Fc1cc(OC(F)(F)F)ccc1-c1sccc1Cl. The molecule has 0 saturated heterocycles. The Hall–Kier alpha value is -1.27. The van der Waals surface area contributed by atoms with Crippen molar-refractivity contribution < 1.29 is 22.3 Å². The average molecular weight is 297 g/mol. The zero-order valence-corrected chi connectivity index (χ0v) is 10.2. The Balaban J connectivity index is 2.34. The standard InChI is InChI=1S/C11H5ClF4OS/c12-8-3-4-18-10(8)7-2-1-6(5-9(7)13)17-11(14,15)16/h1-5H. The minimum atomic E-state index is -4.84. The maximum atomic E-state index is 13.7. The highest BCUT2D eigenvalue weighted by atomic mass is 35.5. The number of hydrogen-bond acceptors (Lipinski definition) is 2. The molecular weight excluding hydrogens is 292 g/mol. The van der Waals surface area contributed by atoms with Gasteiger partial charge in [-0.05, 0) is 23.6 Å². The van der Waals surface area contributed by atoms with Crippen LogP contribution in [0.15, 0.2) is 29.6 Å². The molecule has 0 amide bonds. The van der Waals surface area contributed by atoms with Crippen molar-refractivity contribution in [2.24, 2.45) is 0 Å². The third-order valence-electron chi connectivity index (χ3n) is 2.04. The Labute approximate surface area is 109 Å². The molecule has 7 heteroatoms. The largest absolute Gasteiger partial charge is 0.573 e. The van der Waals surface area contributed by atoms with Crippen LogP contribution in [0.1, 0.15) is 0 Å². The fourth-order valence-electron chi connectivity index (χ4n) is 1.36. The van der Waals surface area contributed by atoms with Gasteiger partial charge < -0.3 is 4.74 Å². The Bertz CT molecular complexity index is 564. The van der Waals surface area contributed by atoms with Gasteiger partial charge in [0, 0.05) is 11.6 Å². The second-order valence-electron chi connectivity index (χ2n) is 3.29. The quantitative estimate of drug-likeness (QED) is 0.700. The molecular formula is C11H5ClF4OS. The summed E-state index contributed by atoms with van der Waals surface area (Å²) in [5.41, 5.74) is 0.143. The minimum Gasteiger partial charge on any atom is -0.406 e. The van der Waals surface area contributed by atoms with Crippen molar-refractivity contribution in [3.63, 3.8) is 0 Å². The molecule has 1 aromatic carbocycles. The summed E-state index contributed by atoms with van der Waals surface area (Å²) in [6, 6.07) is 4.51. The fraction of sp³-hybridized carbons (Fsp3) is 0.0909. The normalized spacial score (nSPS) is 11.6. The zero-order chi connectivity index (χ0) is 13.3. The molecule has 0 fully saturated rings. The molecule has 0 aliphatic rings. The molecule has 1 nitrogen and oxygen atoms in total. The van der Waals surface area contributed by atoms with Crippen LogP contribution < -0.4 is 4.74 Å². The summed E-state index contributed by atoms with van der Waals surface area (Å²) in [7, 11) is 0. The van der Waals surface area contributed by atoms with E-state index in [1.807, 2.05) is 0 Å². The number of ether oxygens (including phenoxy) is 1. The summed E-state index contributed by atoms with van der Waals surface area (Å²) < 4.78 is 53.1. The average Bonchev–Trinajstić information content (AvgIpc) is 2.62. The Kier molecular flexibility index (Phi) is 3.49. The van der Waals surface area contributed by atoms with E-state index in [0.717, 1.165) is 6.07 Å². The third-order valence-corrected chi connectivity index (χ3v) is 3.41. The smallest absolute Gasteiger partial charge is 0.406 e. The maximum Gasteiger partial charge on any atom is 0.573 e. The van der Waals surface area contributed by atoms with E-state index in [1.165, 1.54) is 17.4 Å². The highest BCUT2D eigenvalue weighted by Crippen LogP contribution is 2.36. The van der Waals surface area contributed by atoms with Crippen LogP contribution in [0.3, 0.4) is 0 Å². The van der Waals surface area contributed by atoms with Crippen molar-refractivity contribution in [1.82, 2.24) is 0 Å². The topological polar surface area (TPSA) is 9.23 Å². The number of alkyl halides is 3. The van der Waals surface area contributed by atoms with Crippen LogP contribution in [0.2, 0.25) is 5.02 Å². The van der Waals surface area contributed by atoms with E-state index < -0.39 is 17.9 Å². The van der Waals surface area contributed by atoms with E-state index in [9.17, 15) is 17.6 Å². The second-order valence-corrected chi connectivity index (χ2v) is 4.61. The molecule has 96 valence electrons. The van der Waals surface area contributed by atoms with Crippen LogP contribution in [-0.4, -0.2) is 6.36 Å². The van der Waals surface area contributed by atoms with E-state index in [0.29, 0.717) is 16.0 Å². The maximum absolute atomic E-state index is 13.7. The van der Waals surface area contributed by atoms with Crippen LogP contribution in [-0.2, 0) is 0 Å². The molecule has 0 saturated carbocycles. The highest BCUT2D eigenvalue weighted by molar-refractivity contribution is 7.14. The van der Waals surface area contributed by atoms with Crippen molar-refractivity contribution in [2.75, 3.05) is 0 Å². The molecule has 2 aromatic rings. The van der Waals surface area contributed by atoms with E-state index in [2.05, 4.69) is 4.74 Å². The molecule has 0 atom stereocenters. The van der Waals surface area contributed by atoms with Gasteiger partial charge in [-0.1, -0.05) is 11.6 Å². The first kappa shape index (κ1) is 13.2. The van der Waals surface area contributed by atoms with Gasteiger partial charge in [-0.2, -0.15) is 0 Å². The lowest BCUT2D eigenvalue weighted by atomic mass is 10.1. The van der Waals surface area contributed by atoms with Crippen molar-refractivity contribution in [2.45, 2.75) is 6.36 Å². The Morgan fingerprint density at radius 1 is 1.17 bits per heavy atom. The predicted octanol–water partition coefficient (Wildman–Crippen LogP) is 5.11. The van der Waals surface area contributed by atoms with E-state index >= 15 is 0 Å². The molecule has 0 bridgehead atoms. The van der Waals surface area contributed by atoms with Crippen LogP contribution in [0, 0.1) is 5.82 Å². The van der Waals surface area contributed by atoms with Gasteiger partial charge in [-0.3, -0.25) is 0 Å². The van der Waals surface area contributed by atoms with Gasteiger partial charge in [-0.15, -0.1) is 24.5 Å². The zero-order valence-electron chi connectivity index (χ0n) is 8.59. The monoisotopic (exact) mass is 296 g/mol. The van der Waals surface area contributed by atoms with Crippen molar-refractivity contribution in [1.29, 1.82) is 0 Å². The van der Waals surface area contributed by atoms with E-state index in [1.54, 1.807) is 11.4 Å². The first-order chi connectivity index (χ1) is 8.37. The molecule has 0 N–H and O–H groups in total. The summed E-state index contributed by atoms with van der Waals surface area (Å²) in [5, 5.41) is 2.01. The lowest BCUT2D eigenvalue weighted by molar-refractivity contribution is -0.274. The summed E-state index contributed by atoms with van der Waals surface area (Å²) in [5.74, 6) is -1.42. The van der Waals surface area contributed by atoms with Gasteiger partial charge in [0.1, 0.15) is 11.6 Å². The minimum absolute atomic E-state index is 0.143. The first-order valence-electron chi connectivity index (χ1n) is 4.65. The van der Waals surface area contributed by atoms with Crippen LogP contribution in [0.5, 0.6) is 5.75 Å². The van der Waals surface area contributed by atoms with Crippen molar-refractivity contribution >= 4 is 22.9 Å². The predicted molar refractivity (Wildman–Crippen MR) is 61.4 cm³/mol.